The maximum atomic E-state index is 12.3. The summed E-state index contributed by atoms with van der Waals surface area (Å²) in [6.07, 6.45) is 0.806. The first-order valence-electron chi connectivity index (χ1n) is 9.35. The molecule has 0 spiro atoms. The number of hydrogen-bond acceptors (Lipinski definition) is 3. The van der Waals surface area contributed by atoms with Gasteiger partial charge < -0.3 is 10.6 Å². The molecule has 0 aliphatic carbocycles. The molecule has 5 heteroatoms. The summed E-state index contributed by atoms with van der Waals surface area (Å²) < 4.78 is 0. The lowest BCUT2D eigenvalue weighted by Crippen LogP contribution is -2.30. The zero-order valence-electron chi connectivity index (χ0n) is 16.2. The van der Waals surface area contributed by atoms with E-state index < -0.39 is 0 Å². The Balaban J connectivity index is 1.82. The van der Waals surface area contributed by atoms with Crippen molar-refractivity contribution in [3.63, 3.8) is 0 Å². The van der Waals surface area contributed by atoms with Crippen LogP contribution in [-0.4, -0.2) is 17.6 Å². The van der Waals surface area contributed by atoms with E-state index in [1.54, 1.807) is 11.8 Å². The molecule has 0 saturated heterocycles. The minimum absolute atomic E-state index is 0.0173. The van der Waals surface area contributed by atoms with Crippen LogP contribution in [-0.2, 0) is 16.1 Å². The highest BCUT2D eigenvalue weighted by molar-refractivity contribution is 7.99. The van der Waals surface area contributed by atoms with Gasteiger partial charge in [0.1, 0.15) is 0 Å². The van der Waals surface area contributed by atoms with E-state index in [0.717, 1.165) is 23.4 Å². The van der Waals surface area contributed by atoms with Crippen LogP contribution < -0.4 is 10.6 Å². The second kappa shape index (κ2) is 10.8. The Hall–Kier alpha value is -2.27. The Kier molecular flexibility index (Phi) is 8.40. The highest BCUT2D eigenvalue weighted by Gasteiger charge is 2.14. The number of amides is 2. The van der Waals surface area contributed by atoms with Crippen LogP contribution in [0.1, 0.15) is 32.8 Å². The Morgan fingerprint density at radius 2 is 1.70 bits per heavy atom. The number of rotatable bonds is 9. The molecule has 0 radical (unpaired) electrons. The maximum absolute atomic E-state index is 12.3. The minimum atomic E-state index is -0.0801. The van der Waals surface area contributed by atoms with Crippen molar-refractivity contribution in [3.8, 4) is 0 Å². The van der Waals surface area contributed by atoms with E-state index in [2.05, 4.69) is 22.8 Å². The highest BCUT2D eigenvalue weighted by Crippen LogP contribution is 2.20. The summed E-state index contributed by atoms with van der Waals surface area (Å²) in [5, 5.41) is 5.91. The van der Waals surface area contributed by atoms with Gasteiger partial charge in [-0.2, -0.15) is 0 Å². The van der Waals surface area contributed by atoms with Crippen LogP contribution >= 0.6 is 11.8 Å². The summed E-state index contributed by atoms with van der Waals surface area (Å²) in [6, 6.07) is 17.7. The van der Waals surface area contributed by atoms with Crippen LogP contribution in [0.4, 0.5) is 5.69 Å². The molecule has 0 aliphatic rings. The molecule has 144 valence electrons. The van der Waals surface area contributed by atoms with Crippen LogP contribution in [0.3, 0.4) is 0 Å². The van der Waals surface area contributed by atoms with Gasteiger partial charge in [-0.15, -0.1) is 11.8 Å². The Morgan fingerprint density at radius 3 is 2.41 bits per heavy atom. The molecular formula is C22H28N2O2S. The average molecular weight is 385 g/mol. The molecule has 0 heterocycles. The largest absolute Gasteiger partial charge is 0.352 e. The molecule has 2 amide bonds. The van der Waals surface area contributed by atoms with Gasteiger partial charge in [0.2, 0.25) is 11.8 Å². The fourth-order valence-corrected chi connectivity index (χ4v) is 3.33. The molecule has 0 aromatic heterocycles. The van der Waals surface area contributed by atoms with Gasteiger partial charge >= 0.3 is 0 Å². The lowest BCUT2D eigenvalue weighted by Gasteiger charge is -2.13. The molecule has 0 fully saturated rings. The smallest absolute Gasteiger partial charge is 0.227 e. The molecule has 4 nitrogen and oxygen atoms in total. The molecule has 0 aliphatic heterocycles. The first kappa shape index (κ1) is 21.0. The number of hydrogen-bond donors (Lipinski definition) is 2. The van der Waals surface area contributed by atoms with Crippen LogP contribution in [0.5, 0.6) is 0 Å². The second-order valence-electron chi connectivity index (χ2n) is 6.74. The van der Waals surface area contributed by atoms with Gasteiger partial charge in [0.15, 0.2) is 0 Å². The van der Waals surface area contributed by atoms with Gasteiger partial charge in [-0.25, -0.2) is 0 Å². The molecule has 2 aromatic rings. The summed E-state index contributed by atoms with van der Waals surface area (Å²) in [5.41, 5.74) is 1.73. The van der Waals surface area contributed by atoms with E-state index in [4.69, 9.17) is 0 Å². The molecule has 2 unspecified atom stereocenters. The number of anilines is 1. The van der Waals surface area contributed by atoms with E-state index in [9.17, 15) is 9.59 Å². The Morgan fingerprint density at radius 1 is 0.963 bits per heavy atom. The van der Waals surface area contributed by atoms with E-state index in [-0.39, 0.29) is 23.7 Å². The van der Waals surface area contributed by atoms with E-state index >= 15 is 0 Å². The van der Waals surface area contributed by atoms with Crippen molar-refractivity contribution in [1.29, 1.82) is 0 Å². The zero-order chi connectivity index (χ0) is 19.6. The molecule has 27 heavy (non-hydrogen) atoms. The summed E-state index contributed by atoms with van der Waals surface area (Å²) in [4.78, 5) is 25.5. The van der Waals surface area contributed by atoms with Gasteiger partial charge in [0, 0.05) is 34.7 Å². The zero-order valence-corrected chi connectivity index (χ0v) is 17.0. The van der Waals surface area contributed by atoms with E-state index in [1.807, 2.05) is 63.2 Å². The van der Waals surface area contributed by atoms with Crippen molar-refractivity contribution in [2.75, 3.05) is 11.1 Å². The molecule has 0 saturated carbocycles. The maximum Gasteiger partial charge on any atom is 0.227 e. The third-order valence-electron chi connectivity index (χ3n) is 4.41. The van der Waals surface area contributed by atoms with Crippen molar-refractivity contribution in [1.82, 2.24) is 5.32 Å². The fraction of sp³-hybridized carbons (Fsp3) is 0.364. The van der Waals surface area contributed by atoms with E-state index in [1.165, 1.54) is 4.90 Å². The van der Waals surface area contributed by atoms with Gasteiger partial charge in [0.25, 0.3) is 0 Å². The van der Waals surface area contributed by atoms with Crippen LogP contribution in [0.2, 0.25) is 0 Å². The normalized spacial score (nSPS) is 12.9. The third-order valence-corrected chi connectivity index (χ3v) is 5.68. The topological polar surface area (TPSA) is 58.2 Å². The molecule has 2 N–H and O–H groups in total. The van der Waals surface area contributed by atoms with E-state index in [0.29, 0.717) is 6.54 Å². The minimum Gasteiger partial charge on any atom is -0.352 e. The molecule has 0 bridgehead atoms. The Bertz CT molecular complexity index is 749. The first-order valence-corrected chi connectivity index (χ1v) is 10.3. The SMILES string of the molecule is CCC(C)C(=O)Nc1cccc(CNC(=O)C(C)CSc2ccccc2)c1. The number of nitrogens with one attached hydrogen (secondary N) is 2. The number of benzene rings is 2. The Labute approximate surface area is 166 Å². The lowest BCUT2D eigenvalue weighted by molar-refractivity contribution is -0.124. The predicted octanol–water partition coefficient (Wildman–Crippen LogP) is 4.72. The number of carbonyl (C=O) groups is 2. The monoisotopic (exact) mass is 384 g/mol. The van der Waals surface area contributed by atoms with Crippen molar-refractivity contribution < 1.29 is 9.59 Å². The fourth-order valence-electron chi connectivity index (χ4n) is 2.39. The molecule has 2 rings (SSSR count). The van der Waals surface area contributed by atoms with Gasteiger partial charge in [-0.3, -0.25) is 9.59 Å². The standard InChI is InChI=1S/C22H28N2O2S/c1-4-16(2)22(26)24-19-10-8-9-18(13-19)14-23-21(25)17(3)15-27-20-11-6-5-7-12-20/h5-13,16-17H,4,14-15H2,1-3H3,(H,23,25)(H,24,26). The van der Waals surface area contributed by atoms with Crippen molar-refractivity contribution in [3.05, 3.63) is 60.2 Å². The summed E-state index contributed by atoms with van der Waals surface area (Å²) in [6.45, 7) is 6.29. The van der Waals surface area contributed by atoms with Gasteiger partial charge in [0.05, 0.1) is 0 Å². The van der Waals surface area contributed by atoms with Crippen LogP contribution in [0, 0.1) is 11.8 Å². The van der Waals surface area contributed by atoms with Crippen LogP contribution in [0.25, 0.3) is 0 Å². The average Bonchev–Trinajstić information content (AvgIpc) is 2.70. The quantitative estimate of drug-likeness (QED) is 0.615. The summed E-state index contributed by atoms with van der Waals surface area (Å²) >= 11 is 1.68. The van der Waals surface area contributed by atoms with Gasteiger partial charge in [-0.05, 0) is 36.2 Å². The third kappa shape index (κ3) is 7.10. The predicted molar refractivity (Wildman–Crippen MR) is 113 cm³/mol. The second-order valence-corrected chi connectivity index (χ2v) is 7.84. The van der Waals surface area contributed by atoms with Crippen LogP contribution in [0.15, 0.2) is 59.5 Å². The lowest BCUT2D eigenvalue weighted by atomic mass is 10.1. The molecule has 2 aromatic carbocycles. The highest BCUT2D eigenvalue weighted by atomic mass is 32.2. The van der Waals surface area contributed by atoms with Gasteiger partial charge in [-0.1, -0.05) is 51.1 Å². The first-order chi connectivity index (χ1) is 13.0. The molecule has 2 atom stereocenters. The van der Waals surface area contributed by atoms with Crippen molar-refractivity contribution in [2.24, 2.45) is 11.8 Å². The number of thioether (sulfide) groups is 1. The molecular weight excluding hydrogens is 356 g/mol. The van der Waals surface area contributed by atoms with Crippen molar-refractivity contribution >= 4 is 29.3 Å². The summed E-state index contributed by atoms with van der Waals surface area (Å²) in [5.74, 6) is 0.693. The number of carbonyl (C=O) groups excluding carboxylic acids is 2. The van der Waals surface area contributed by atoms with Crippen molar-refractivity contribution in [2.45, 2.75) is 38.6 Å². The summed E-state index contributed by atoms with van der Waals surface area (Å²) in [7, 11) is 0.